The number of aliphatic hydroxyl groups is 1. The molecule has 1 heterocycles. The zero-order valence-electron chi connectivity index (χ0n) is 47.2. The van der Waals surface area contributed by atoms with Crippen LogP contribution in [0, 0.1) is 17.8 Å². The Balaban J connectivity index is 2.57. The van der Waals surface area contributed by atoms with Crippen molar-refractivity contribution in [1.82, 2.24) is 31.1 Å². The lowest BCUT2D eigenvalue weighted by atomic mass is 9.90. The normalized spacial score (nSPS) is 25.1. The molecule has 2 rings (SSSR count). The molecule has 1 aromatic rings. The van der Waals surface area contributed by atoms with Crippen molar-refractivity contribution in [3.8, 4) is 0 Å². The maximum Gasteiger partial charge on any atom is 0.407 e. The number of nitrogens with one attached hydrogen (secondary N) is 4. The zero-order valence-corrected chi connectivity index (χ0v) is 47.2. The summed E-state index contributed by atoms with van der Waals surface area (Å²) < 4.78 is 18.0. The minimum atomic E-state index is -1.31. The third-order valence-electron chi connectivity index (χ3n) is 13.9. The molecule has 9 atom stereocenters. The van der Waals surface area contributed by atoms with Gasteiger partial charge in [0, 0.05) is 51.6 Å². The van der Waals surface area contributed by atoms with Crippen LogP contribution in [0.2, 0.25) is 0 Å². The number of hydrogen-bond donors (Lipinski definition) is 5. The molecule has 0 aliphatic carbocycles. The van der Waals surface area contributed by atoms with Gasteiger partial charge in [-0.15, -0.1) is 0 Å². The summed E-state index contributed by atoms with van der Waals surface area (Å²) in [7, 11) is 2.85. The first kappa shape index (κ1) is 65.3. The highest BCUT2D eigenvalue weighted by Crippen LogP contribution is 2.26. The molecular formula is C57H92N6O12. The third kappa shape index (κ3) is 23.3. The van der Waals surface area contributed by atoms with Crippen molar-refractivity contribution in [2.75, 3.05) is 33.8 Å². The van der Waals surface area contributed by atoms with Crippen molar-refractivity contribution in [1.29, 1.82) is 0 Å². The van der Waals surface area contributed by atoms with Crippen molar-refractivity contribution in [3.63, 3.8) is 0 Å². The predicted octanol–water partition coefficient (Wildman–Crippen LogP) is 6.86. The number of hydrogen-bond acceptors (Lipinski definition) is 12. The van der Waals surface area contributed by atoms with Gasteiger partial charge in [0.25, 0.3) is 5.91 Å². The zero-order chi connectivity index (χ0) is 56.2. The van der Waals surface area contributed by atoms with E-state index in [2.05, 4.69) is 21.3 Å². The Labute approximate surface area is 447 Å². The van der Waals surface area contributed by atoms with Crippen LogP contribution in [0.5, 0.6) is 0 Å². The number of likely N-dealkylation sites (N-methyl/N-ethyl adjacent to an activating group) is 2. The average molecular weight is 1050 g/mol. The van der Waals surface area contributed by atoms with Gasteiger partial charge in [-0.05, 0) is 76.9 Å². The first-order chi connectivity index (χ1) is 35.6. The van der Waals surface area contributed by atoms with Crippen molar-refractivity contribution < 1.29 is 57.7 Å². The SMILES string of the molecule is C/C=C(\C)[C@H]1OC(=O)[C@@H](C)NC(=O)[C@H]([C@H](C)CC)NC(=O)CN(C)C(=O)[C@@H](Cc2ccccc2)N(C)C(=O)[C@H](C)NC(=O)[C@@H](CC(C)C)OC(=O)/C(C)=C\C[C@H](OC(=O)NCCCCCCCCCCCCO)[C@@H]1C. The summed E-state index contributed by atoms with van der Waals surface area (Å²) in [6.45, 7) is 17.2. The molecule has 6 amide bonds. The molecule has 75 heavy (non-hydrogen) atoms. The summed E-state index contributed by atoms with van der Waals surface area (Å²) in [4.78, 5) is 114. The van der Waals surface area contributed by atoms with Crippen molar-refractivity contribution in [3.05, 3.63) is 59.2 Å². The number of unbranched alkanes of at least 4 members (excludes halogenated alkanes) is 9. The van der Waals surface area contributed by atoms with Crippen LogP contribution < -0.4 is 21.3 Å². The summed E-state index contributed by atoms with van der Waals surface area (Å²) in [5, 5.41) is 20.0. The van der Waals surface area contributed by atoms with Gasteiger partial charge >= 0.3 is 18.0 Å². The summed E-state index contributed by atoms with van der Waals surface area (Å²) in [6.07, 6.45) is 10.2. The number of allylic oxidation sites excluding steroid dienone is 1. The van der Waals surface area contributed by atoms with Gasteiger partial charge in [-0.3, -0.25) is 24.0 Å². The Morgan fingerprint density at radius 3 is 1.99 bits per heavy atom. The molecule has 0 spiro atoms. The van der Waals surface area contributed by atoms with E-state index in [9.17, 15) is 38.4 Å². The van der Waals surface area contributed by atoms with E-state index in [1.54, 1.807) is 58.0 Å². The number of cyclic esters (lactones) is 2. The third-order valence-corrected chi connectivity index (χ3v) is 13.9. The number of carbonyl (C=O) groups excluding carboxylic acids is 8. The molecule has 0 saturated heterocycles. The van der Waals surface area contributed by atoms with Crippen LogP contribution >= 0.6 is 0 Å². The topological polar surface area (TPSA) is 239 Å². The Morgan fingerprint density at radius 2 is 1.41 bits per heavy atom. The number of nitrogens with zero attached hydrogens (tertiary/aromatic N) is 2. The molecule has 1 aliphatic rings. The highest BCUT2D eigenvalue weighted by Gasteiger charge is 2.37. The first-order valence-electron chi connectivity index (χ1n) is 27.3. The van der Waals surface area contributed by atoms with Crippen LogP contribution in [-0.2, 0) is 54.2 Å². The monoisotopic (exact) mass is 1050 g/mol. The number of benzene rings is 1. The average Bonchev–Trinajstić information content (AvgIpc) is 3.38. The molecule has 0 unspecified atom stereocenters. The van der Waals surface area contributed by atoms with E-state index in [0.717, 1.165) is 69.8 Å². The summed E-state index contributed by atoms with van der Waals surface area (Å²) in [5.41, 5.74) is 1.46. The summed E-state index contributed by atoms with van der Waals surface area (Å²) in [6, 6.07) is 4.38. The van der Waals surface area contributed by atoms with Crippen LogP contribution in [0.15, 0.2) is 53.6 Å². The Kier molecular flexibility index (Phi) is 30.2. The van der Waals surface area contributed by atoms with Crippen LogP contribution in [0.4, 0.5) is 4.79 Å². The Hall–Kier alpha value is -5.78. The predicted molar refractivity (Wildman–Crippen MR) is 289 cm³/mol. The van der Waals surface area contributed by atoms with Gasteiger partial charge in [0.15, 0.2) is 6.10 Å². The molecule has 0 aromatic heterocycles. The van der Waals surface area contributed by atoms with Gasteiger partial charge < -0.3 is 50.4 Å². The second-order valence-electron chi connectivity index (χ2n) is 20.8. The van der Waals surface area contributed by atoms with E-state index >= 15 is 0 Å². The van der Waals surface area contributed by atoms with E-state index in [1.807, 2.05) is 26.8 Å². The van der Waals surface area contributed by atoms with Crippen molar-refractivity contribution >= 4 is 47.6 Å². The second kappa shape index (κ2) is 34.7. The molecule has 18 nitrogen and oxygen atoms in total. The maximum absolute atomic E-state index is 14.3. The number of esters is 2. The fourth-order valence-electron chi connectivity index (χ4n) is 8.71. The fraction of sp³-hybridized carbons (Fsp3) is 0.684. The number of carbonyl (C=O) groups is 8. The highest BCUT2D eigenvalue weighted by molar-refractivity contribution is 5.96. The molecule has 1 aromatic carbocycles. The number of ether oxygens (including phenoxy) is 3. The quantitative estimate of drug-likeness (QED) is 0.0390. The number of amides is 6. The van der Waals surface area contributed by atoms with Gasteiger partial charge in [0.1, 0.15) is 36.4 Å². The van der Waals surface area contributed by atoms with Crippen LogP contribution in [-0.4, -0.2) is 139 Å². The van der Waals surface area contributed by atoms with Gasteiger partial charge in [-0.1, -0.05) is 135 Å². The molecule has 0 radical (unpaired) electrons. The minimum Gasteiger partial charge on any atom is -0.456 e. The molecule has 18 heteroatoms. The molecule has 0 saturated carbocycles. The van der Waals surface area contributed by atoms with Gasteiger partial charge in [0.2, 0.25) is 23.6 Å². The van der Waals surface area contributed by atoms with Crippen molar-refractivity contribution in [2.24, 2.45) is 17.8 Å². The first-order valence-corrected chi connectivity index (χ1v) is 27.3. The Bertz CT molecular complexity index is 2040. The minimum absolute atomic E-state index is 0.0277. The van der Waals surface area contributed by atoms with Crippen LogP contribution in [0.25, 0.3) is 0 Å². The van der Waals surface area contributed by atoms with E-state index in [0.29, 0.717) is 18.5 Å². The molecular weight excluding hydrogens is 961 g/mol. The molecule has 1 aliphatic heterocycles. The van der Waals surface area contributed by atoms with E-state index in [-0.39, 0.29) is 37.4 Å². The van der Waals surface area contributed by atoms with Gasteiger partial charge in [-0.25, -0.2) is 14.4 Å². The van der Waals surface area contributed by atoms with Crippen LogP contribution in [0.3, 0.4) is 0 Å². The molecule has 5 N–H and O–H groups in total. The van der Waals surface area contributed by atoms with E-state index < -0.39 is 108 Å². The fourth-order valence-corrected chi connectivity index (χ4v) is 8.71. The Morgan fingerprint density at radius 1 is 0.827 bits per heavy atom. The summed E-state index contributed by atoms with van der Waals surface area (Å²) in [5.74, 6) is -6.09. The number of aliphatic hydroxyl groups excluding tert-OH is 1. The van der Waals surface area contributed by atoms with Crippen molar-refractivity contribution in [2.45, 2.75) is 202 Å². The standard InChI is InChI=1S/C57H92N6O12/c1-13-38(5)49-52(67)60-43(10)56(71)75-50(39(6)14-2)41(8)46(74-57(72)58-32-26-21-19-17-15-16-18-20-22-27-33-64)31-30-40(7)55(70)73-47(34-37(3)4)51(66)59-42(9)53(68)63(12)45(35-44-28-24-23-25-29-44)54(69)62(11)36-48(65)61-49/h14,23-25,28-30,37-38,41-43,45-47,49-50,64H,13,15-22,26-27,31-36H2,1-12H3,(H,58,72)(H,59,66)(H,60,67)(H,61,65)/b39-14+,40-30-/t38-,41+,42+,43-,45-,46+,47-,49+,50-/m1/s1. The smallest absolute Gasteiger partial charge is 0.407 e. The summed E-state index contributed by atoms with van der Waals surface area (Å²) >= 11 is 0. The number of rotatable bonds is 20. The lowest BCUT2D eigenvalue weighted by Crippen LogP contribution is -2.57. The van der Waals surface area contributed by atoms with Gasteiger partial charge in [0.05, 0.1) is 6.54 Å². The lowest BCUT2D eigenvalue weighted by Gasteiger charge is -2.33. The molecule has 0 fully saturated rings. The second-order valence-corrected chi connectivity index (χ2v) is 20.8. The highest BCUT2D eigenvalue weighted by atomic mass is 16.6. The van der Waals surface area contributed by atoms with Gasteiger partial charge in [-0.2, -0.15) is 0 Å². The maximum atomic E-state index is 14.3. The molecule has 422 valence electrons. The van der Waals surface area contributed by atoms with Crippen LogP contribution in [0.1, 0.15) is 158 Å². The largest absolute Gasteiger partial charge is 0.456 e. The lowest BCUT2D eigenvalue weighted by molar-refractivity contribution is -0.155. The van der Waals surface area contributed by atoms with E-state index in [4.69, 9.17) is 19.3 Å². The molecule has 0 bridgehead atoms. The number of alkyl carbamates (subject to hydrolysis) is 1. The van der Waals surface area contributed by atoms with E-state index in [1.165, 1.54) is 50.7 Å².